The van der Waals surface area contributed by atoms with E-state index in [4.69, 9.17) is 10.2 Å². The number of hydrogen-bond acceptors (Lipinski definition) is 3. The normalized spacial score (nSPS) is 8.38. The number of phenolic OH excluding ortho intramolecular Hbond substituents is 2. The molecule has 3 nitrogen and oxygen atoms in total. The van der Waals surface area contributed by atoms with Crippen molar-refractivity contribution in [1.82, 2.24) is 0 Å². The van der Waals surface area contributed by atoms with Crippen molar-refractivity contribution in [3.05, 3.63) is 24.3 Å². The Morgan fingerprint density at radius 3 is 2.00 bits per heavy atom. The molecule has 1 aromatic rings. The zero-order chi connectivity index (χ0) is 10.1. The Morgan fingerprint density at radius 2 is 1.85 bits per heavy atom. The maximum atomic E-state index is 9.40. The molecule has 0 aliphatic carbocycles. The average molecular weight is 182 g/mol. The molecule has 1 rings (SSSR count). The molecule has 1 aromatic carbocycles. The molecular formula is C10H14O3. The van der Waals surface area contributed by atoms with Crippen molar-refractivity contribution < 1.29 is 15.0 Å². The molecule has 0 amide bonds. The van der Waals surface area contributed by atoms with Gasteiger partial charge in [0.05, 0.1) is 0 Å². The number of hydrogen-bond donors (Lipinski definition) is 2. The fourth-order valence-corrected chi connectivity index (χ4v) is 0.611. The van der Waals surface area contributed by atoms with Gasteiger partial charge in [0.25, 0.3) is 0 Å². The molecule has 72 valence electrons. The summed E-state index contributed by atoms with van der Waals surface area (Å²) in [5, 5.41) is 17.3. The largest absolute Gasteiger partial charge is 0.508 e. The fourth-order valence-electron chi connectivity index (χ4n) is 0.611. The van der Waals surface area contributed by atoms with E-state index in [1.807, 2.05) is 6.92 Å². The van der Waals surface area contributed by atoms with Crippen LogP contribution in [0.4, 0.5) is 0 Å². The standard InChI is InChI=1S/C6H6O2.C4H8O/c7-5-2-1-3-6(8)4-5;1-2-3-4-5/h1-4,7-8H;4H,2-3H2,1H3. The minimum absolute atomic E-state index is 0.0880. The minimum atomic E-state index is 0.0880. The van der Waals surface area contributed by atoms with Gasteiger partial charge < -0.3 is 15.0 Å². The van der Waals surface area contributed by atoms with Crippen LogP contribution in [0.15, 0.2) is 24.3 Å². The van der Waals surface area contributed by atoms with Crippen LogP contribution in [0.25, 0.3) is 0 Å². The number of unbranched alkanes of at least 4 members (excludes halogenated alkanes) is 1. The quantitative estimate of drug-likeness (QED) is 0.688. The third-order valence-corrected chi connectivity index (χ3v) is 1.24. The molecule has 0 fully saturated rings. The molecule has 0 saturated heterocycles. The Bertz CT molecular complexity index is 228. The zero-order valence-electron chi connectivity index (χ0n) is 7.60. The fraction of sp³-hybridized carbons (Fsp3) is 0.300. The van der Waals surface area contributed by atoms with Gasteiger partial charge in [-0.2, -0.15) is 0 Å². The third-order valence-electron chi connectivity index (χ3n) is 1.24. The van der Waals surface area contributed by atoms with Crippen molar-refractivity contribution in [2.24, 2.45) is 0 Å². The lowest BCUT2D eigenvalue weighted by molar-refractivity contribution is -0.107. The van der Waals surface area contributed by atoms with Crippen molar-refractivity contribution in [3.63, 3.8) is 0 Å². The van der Waals surface area contributed by atoms with Crippen molar-refractivity contribution in [2.45, 2.75) is 19.8 Å². The molecule has 0 aromatic heterocycles. The van der Waals surface area contributed by atoms with Crippen molar-refractivity contribution >= 4 is 6.29 Å². The maximum Gasteiger partial charge on any atom is 0.119 e. The summed E-state index contributed by atoms with van der Waals surface area (Å²) in [4.78, 5) is 9.40. The second-order valence-corrected chi connectivity index (χ2v) is 2.48. The molecule has 2 N–H and O–H groups in total. The van der Waals surface area contributed by atoms with Crippen LogP contribution in [0.5, 0.6) is 11.5 Å². The predicted octanol–water partition coefficient (Wildman–Crippen LogP) is 2.08. The minimum Gasteiger partial charge on any atom is -0.508 e. The number of aldehydes is 1. The van der Waals surface area contributed by atoms with E-state index in [9.17, 15) is 4.79 Å². The summed E-state index contributed by atoms with van der Waals surface area (Å²) in [6.45, 7) is 1.98. The highest BCUT2D eigenvalue weighted by molar-refractivity contribution is 5.48. The summed E-state index contributed by atoms with van der Waals surface area (Å²) in [5.41, 5.74) is 0. The maximum absolute atomic E-state index is 9.40. The van der Waals surface area contributed by atoms with E-state index in [1.54, 1.807) is 6.07 Å². The molecule has 0 aliphatic rings. The van der Waals surface area contributed by atoms with Gasteiger partial charge >= 0.3 is 0 Å². The SMILES string of the molecule is CCCC=O.Oc1cccc(O)c1. The molecule has 3 heteroatoms. The van der Waals surface area contributed by atoms with Gasteiger partial charge in [-0.05, 0) is 18.6 Å². The lowest BCUT2D eigenvalue weighted by Gasteiger charge is -1.89. The van der Waals surface area contributed by atoms with Gasteiger partial charge in [-0.15, -0.1) is 0 Å². The Balaban J connectivity index is 0.000000252. The Hall–Kier alpha value is -1.51. The number of phenols is 2. The lowest BCUT2D eigenvalue weighted by atomic mass is 10.3. The third kappa shape index (κ3) is 6.87. The van der Waals surface area contributed by atoms with Crippen molar-refractivity contribution in [1.29, 1.82) is 0 Å². The Kier molecular flexibility index (Phi) is 6.32. The Labute approximate surface area is 77.6 Å². The highest BCUT2D eigenvalue weighted by atomic mass is 16.3. The first-order valence-electron chi connectivity index (χ1n) is 4.12. The summed E-state index contributed by atoms with van der Waals surface area (Å²) in [6.07, 6.45) is 2.61. The monoisotopic (exact) mass is 182 g/mol. The zero-order valence-corrected chi connectivity index (χ0v) is 7.60. The molecule has 13 heavy (non-hydrogen) atoms. The van der Waals surface area contributed by atoms with Gasteiger partial charge in [0.15, 0.2) is 0 Å². The van der Waals surface area contributed by atoms with Crippen molar-refractivity contribution in [3.8, 4) is 11.5 Å². The van der Waals surface area contributed by atoms with E-state index in [0.29, 0.717) is 6.42 Å². The van der Waals surface area contributed by atoms with Crippen LogP contribution in [0.3, 0.4) is 0 Å². The summed E-state index contributed by atoms with van der Waals surface area (Å²) in [6, 6.07) is 5.85. The number of carbonyl (C=O) groups is 1. The summed E-state index contributed by atoms with van der Waals surface area (Å²) in [7, 11) is 0. The smallest absolute Gasteiger partial charge is 0.119 e. The van der Waals surface area contributed by atoms with E-state index in [1.165, 1.54) is 18.2 Å². The molecule has 0 bridgehead atoms. The van der Waals surface area contributed by atoms with Gasteiger partial charge in [-0.1, -0.05) is 13.0 Å². The van der Waals surface area contributed by atoms with Gasteiger partial charge in [0.2, 0.25) is 0 Å². The van der Waals surface area contributed by atoms with E-state index in [0.717, 1.165) is 12.7 Å². The number of rotatable bonds is 2. The molecule has 0 aliphatic heterocycles. The van der Waals surface area contributed by atoms with E-state index < -0.39 is 0 Å². The van der Waals surface area contributed by atoms with Crippen molar-refractivity contribution in [2.75, 3.05) is 0 Å². The van der Waals surface area contributed by atoms with Gasteiger partial charge in [-0.25, -0.2) is 0 Å². The summed E-state index contributed by atoms with van der Waals surface area (Å²) >= 11 is 0. The average Bonchev–Trinajstić information content (AvgIpc) is 2.06. The van der Waals surface area contributed by atoms with Crippen LogP contribution in [0.1, 0.15) is 19.8 Å². The first-order chi connectivity index (χ1) is 6.20. The predicted molar refractivity (Wildman–Crippen MR) is 50.7 cm³/mol. The summed E-state index contributed by atoms with van der Waals surface area (Å²) < 4.78 is 0. The van der Waals surface area contributed by atoms with Crippen LogP contribution in [-0.4, -0.2) is 16.5 Å². The van der Waals surface area contributed by atoms with Gasteiger partial charge in [0, 0.05) is 12.5 Å². The van der Waals surface area contributed by atoms with Gasteiger partial charge in [-0.3, -0.25) is 0 Å². The van der Waals surface area contributed by atoms with Crippen LogP contribution in [0.2, 0.25) is 0 Å². The second kappa shape index (κ2) is 7.16. The molecule has 0 unspecified atom stereocenters. The lowest BCUT2D eigenvalue weighted by Crippen LogP contribution is -1.64. The summed E-state index contributed by atoms with van der Waals surface area (Å²) in [5.74, 6) is 0.176. The first kappa shape index (κ1) is 11.5. The molecule has 0 atom stereocenters. The highest BCUT2D eigenvalue weighted by Crippen LogP contribution is 2.14. The van der Waals surface area contributed by atoms with Crippen LogP contribution in [-0.2, 0) is 4.79 Å². The first-order valence-corrected chi connectivity index (χ1v) is 4.12. The molecule has 0 spiro atoms. The molecule has 0 radical (unpaired) electrons. The topological polar surface area (TPSA) is 57.5 Å². The second-order valence-electron chi connectivity index (χ2n) is 2.48. The highest BCUT2D eigenvalue weighted by Gasteiger charge is 1.85. The number of carbonyl (C=O) groups excluding carboxylic acids is 1. The van der Waals surface area contributed by atoms with Gasteiger partial charge in [0.1, 0.15) is 17.8 Å². The number of benzene rings is 1. The molecule has 0 heterocycles. The van der Waals surface area contributed by atoms with E-state index in [-0.39, 0.29) is 11.5 Å². The van der Waals surface area contributed by atoms with Crippen LogP contribution in [0, 0.1) is 0 Å². The van der Waals surface area contributed by atoms with E-state index in [2.05, 4.69) is 0 Å². The Morgan fingerprint density at radius 1 is 1.31 bits per heavy atom. The van der Waals surface area contributed by atoms with Crippen LogP contribution < -0.4 is 0 Å². The van der Waals surface area contributed by atoms with E-state index >= 15 is 0 Å². The number of aromatic hydroxyl groups is 2. The van der Waals surface area contributed by atoms with Crippen LogP contribution >= 0.6 is 0 Å². The molecular weight excluding hydrogens is 168 g/mol. The molecule has 0 saturated carbocycles.